The van der Waals surface area contributed by atoms with E-state index in [9.17, 15) is 0 Å². The van der Waals surface area contributed by atoms with Gasteiger partial charge in [-0.15, -0.1) is 0 Å². The highest BCUT2D eigenvalue weighted by molar-refractivity contribution is 5.04. The molecule has 0 aromatic heterocycles. The molecule has 3 aliphatic rings. The van der Waals surface area contributed by atoms with Gasteiger partial charge < -0.3 is 4.90 Å². The number of piperidine rings is 1. The van der Waals surface area contributed by atoms with Crippen molar-refractivity contribution < 1.29 is 0 Å². The van der Waals surface area contributed by atoms with Gasteiger partial charge in [-0.3, -0.25) is 4.90 Å². The number of likely N-dealkylation sites (tertiary alicyclic amines) is 2. The number of hydrogen-bond donors (Lipinski definition) is 0. The molecule has 0 aromatic carbocycles. The maximum absolute atomic E-state index is 2.93. The third-order valence-corrected chi connectivity index (χ3v) is 6.02. The van der Waals surface area contributed by atoms with Gasteiger partial charge in [-0.2, -0.15) is 0 Å². The molecule has 0 aromatic rings. The monoisotopic (exact) mass is 278 g/mol. The fourth-order valence-corrected chi connectivity index (χ4v) is 5.72. The summed E-state index contributed by atoms with van der Waals surface area (Å²) in [4.78, 5) is 5.60. The van der Waals surface area contributed by atoms with E-state index in [0.29, 0.717) is 10.8 Å². The van der Waals surface area contributed by atoms with E-state index < -0.39 is 0 Å². The van der Waals surface area contributed by atoms with E-state index in [0.717, 1.165) is 12.1 Å². The Morgan fingerprint density at radius 2 is 1.70 bits per heavy atom. The van der Waals surface area contributed by atoms with Gasteiger partial charge in [0.15, 0.2) is 0 Å². The van der Waals surface area contributed by atoms with E-state index in [4.69, 9.17) is 0 Å². The zero-order valence-electron chi connectivity index (χ0n) is 14.1. The lowest BCUT2D eigenvalue weighted by atomic mass is 9.65. The Kier molecular flexibility index (Phi) is 3.92. The second kappa shape index (κ2) is 5.28. The van der Waals surface area contributed by atoms with Crippen molar-refractivity contribution >= 4 is 0 Å². The Hall–Kier alpha value is -0.0800. The number of fused-ring (bicyclic) bond motifs is 2. The first-order chi connectivity index (χ1) is 9.41. The fraction of sp³-hybridized carbons (Fsp3) is 1.00. The van der Waals surface area contributed by atoms with Gasteiger partial charge in [0.05, 0.1) is 0 Å². The van der Waals surface area contributed by atoms with Crippen molar-refractivity contribution in [3.05, 3.63) is 0 Å². The second-order valence-electron chi connectivity index (χ2n) is 8.96. The van der Waals surface area contributed by atoms with Crippen LogP contribution in [0.25, 0.3) is 0 Å². The first kappa shape index (κ1) is 14.8. The second-order valence-corrected chi connectivity index (χ2v) is 8.96. The highest BCUT2D eigenvalue weighted by atomic mass is 15.2. The van der Waals surface area contributed by atoms with Gasteiger partial charge in [-0.1, -0.05) is 27.7 Å². The van der Waals surface area contributed by atoms with Gasteiger partial charge >= 0.3 is 0 Å². The minimum absolute atomic E-state index is 0.565. The van der Waals surface area contributed by atoms with Gasteiger partial charge in [-0.25, -0.2) is 0 Å². The molecule has 1 saturated carbocycles. The lowest BCUT2D eigenvalue weighted by Gasteiger charge is -2.42. The number of nitrogens with zero attached hydrogens (tertiary/aromatic N) is 2. The van der Waals surface area contributed by atoms with Crippen molar-refractivity contribution in [2.24, 2.45) is 10.8 Å². The van der Waals surface area contributed by atoms with Crippen LogP contribution < -0.4 is 0 Å². The largest absolute Gasteiger partial charge is 0.303 e. The first-order valence-corrected chi connectivity index (χ1v) is 8.89. The molecule has 0 spiro atoms. The van der Waals surface area contributed by atoms with Crippen LogP contribution in [0.2, 0.25) is 0 Å². The molecule has 2 atom stereocenters. The predicted molar refractivity (Wildman–Crippen MR) is 86.0 cm³/mol. The molecule has 1 aliphatic carbocycles. The highest BCUT2D eigenvalue weighted by Gasteiger charge is 2.51. The SMILES string of the molecule is CCCN1CCC(N2C[C@]3(C)C[C@@H]2CC(C)(C)C3)CC1. The van der Waals surface area contributed by atoms with Crippen LogP contribution in [0.4, 0.5) is 0 Å². The Balaban J connectivity index is 1.62. The van der Waals surface area contributed by atoms with Crippen molar-refractivity contribution in [3.63, 3.8) is 0 Å². The van der Waals surface area contributed by atoms with E-state index in [1.165, 1.54) is 64.7 Å². The molecule has 0 unspecified atom stereocenters. The van der Waals surface area contributed by atoms with E-state index >= 15 is 0 Å². The van der Waals surface area contributed by atoms with Crippen LogP contribution in [0.3, 0.4) is 0 Å². The van der Waals surface area contributed by atoms with Crippen molar-refractivity contribution in [2.45, 2.75) is 78.3 Å². The Morgan fingerprint density at radius 3 is 2.35 bits per heavy atom. The number of rotatable bonds is 3. The summed E-state index contributed by atoms with van der Waals surface area (Å²) in [6.07, 6.45) is 8.45. The first-order valence-electron chi connectivity index (χ1n) is 8.89. The molecule has 0 N–H and O–H groups in total. The topological polar surface area (TPSA) is 6.48 Å². The Labute approximate surface area is 125 Å². The van der Waals surface area contributed by atoms with Gasteiger partial charge in [0, 0.05) is 18.6 Å². The van der Waals surface area contributed by atoms with Gasteiger partial charge in [0.1, 0.15) is 0 Å². The molecule has 2 heterocycles. The van der Waals surface area contributed by atoms with Crippen LogP contribution in [-0.2, 0) is 0 Å². The zero-order chi connectivity index (χ0) is 14.4. The molecule has 2 saturated heterocycles. The van der Waals surface area contributed by atoms with Crippen LogP contribution in [0.15, 0.2) is 0 Å². The van der Waals surface area contributed by atoms with Crippen molar-refractivity contribution in [3.8, 4) is 0 Å². The van der Waals surface area contributed by atoms with Gasteiger partial charge in [-0.05, 0) is 69.0 Å². The van der Waals surface area contributed by atoms with Crippen LogP contribution in [-0.4, -0.2) is 48.1 Å². The molecule has 20 heavy (non-hydrogen) atoms. The molecule has 3 rings (SSSR count). The van der Waals surface area contributed by atoms with E-state index in [2.05, 4.69) is 37.5 Å². The van der Waals surface area contributed by atoms with E-state index in [-0.39, 0.29) is 0 Å². The van der Waals surface area contributed by atoms with Crippen molar-refractivity contribution in [1.82, 2.24) is 9.80 Å². The van der Waals surface area contributed by atoms with Crippen molar-refractivity contribution in [2.75, 3.05) is 26.2 Å². The summed E-state index contributed by atoms with van der Waals surface area (Å²) < 4.78 is 0. The van der Waals surface area contributed by atoms with E-state index in [1.807, 2.05) is 0 Å². The minimum atomic E-state index is 0.565. The third kappa shape index (κ3) is 2.92. The molecule has 2 nitrogen and oxygen atoms in total. The lowest BCUT2D eigenvalue weighted by Crippen LogP contribution is -2.47. The van der Waals surface area contributed by atoms with Crippen LogP contribution in [0.5, 0.6) is 0 Å². The lowest BCUT2D eigenvalue weighted by molar-refractivity contribution is 0.0830. The average molecular weight is 278 g/mol. The summed E-state index contributed by atoms with van der Waals surface area (Å²) in [5, 5.41) is 0. The smallest absolute Gasteiger partial charge is 0.0123 e. The molecule has 0 amide bonds. The minimum Gasteiger partial charge on any atom is -0.303 e. The van der Waals surface area contributed by atoms with Crippen LogP contribution >= 0.6 is 0 Å². The molecule has 116 valence electrons. The van der Waals surface area contributed by atoms with Crippen LogP contribution in [0.1, 0.15) is 66.2 Å². The summed E-state index contributed by atoms with van der Waals surface area (Å²) >= 11 is 0. The molecule has 0 radical (unpaired) electrons. The molecular weight excluding hydrogens is 244 g/mol. The summed E-state index contributed by atoms with van der Waals surface area (Å²) in [6, 6.07) is 1.76. The zero-order valence-corrected chi connectivity index (χ0v) is 14.1. The van der Waals surface area contributed by atoms with E-state index in [1.54, 1.807) is 0 Å². The maximum atomic E-state index is 2.93. The quantitative estimate of drug-likeness (QED) is 0.775. The normalized spacial score (nSPS) is 39.3. The standard InChI is InChI=1S/C18H34N2/c1-5-8-19-9-6-15(7-10-19)20-14-18(4)12-16(20)11-17(2,3)13-18/h15-16H,5-14H2,1-4H3/t16-,18+/m0/s1. The molecule has 2 heteroatoms. The summed E-state index contributed by atoms with van der Waals surface area (Å²) in [7, 11) is 0. The fourth-order valence-electron chi connectivity index (χ4n) is 5.72. The predicted octanol–water partition coefficient (Wildman–Crippen LogP) is 3.76. The summed E-state index contributed by atoms with van der Waals surface area (Å²) in [5.41, 5.74) is 1.17. The van der Waals surface area contributed by atoms with Crippen molar-refractivity contribution in [1.29, 1.82) is 0 Å². The molecule has 2 bridgehead atoms. The summed E-state index contributed by atoms with van der Waals surface area (Å²) in [5.74, 6) is 0. The molecule has 2 aliphatic heterocycles. The molecular formula is C18H34N2. The maximum Gasteiger partial charge on any atom is 0.0123 e. The number of hydrogen-bond acceptors (Lipinski definition) is 2. The molecule has 3 fully saturated rings. The third-order valence-electron chi connectivity index (χ3n) is 6.02. The Bertz CT molecular complexity index is 343. The summed E-state index contributed by atoms with van der Waals surface area (Å²) in [6.45, 7) is 15.2. The van der Waals surface area contributed by atoms with Crippen LogP contribution in [0, 0.1) is 10.8 Å². The highest BCUT2D eigenvalue weighted by Crippen LogP contribution is 2.53. The van der Waals surface area contributed by atoms with Gasteiger partial charge in [0.25, 0.3) is 0 Å². The Morgan fingerprint density at radius 1 is 1.00 bits per heavy atom. The average Bonchev–Trinajstić information content (AvgIpc) is 2.60. The van der Waals surface area contributed by atoms with Gasteiger partial charge in [0.2, 0.25) is 0 Å².